The predicted molar refractivity (Wildman–Crippen MR) is 73.0 cm³/mol. The summed E-state index contributed by atoms with van der Waals surface area (Å²) in [6, 6.07) is 1.75. The third kappa shape index (κ3) is 3.44. The second-order valence-electron chi connectivity index (χ2n) is 4.79. The highest BCUT2D eigenvalue weighted by molar-refractivity contribution is 5.50. The molecule has 6 N–H and O–H groups in total. The number of hydrogen-bond acceptors (Lipinski definition) is 7. The summed E-state index contributed by atoms with van der Waals surface area (Å²) in [5.74, 6) is 7.41. The molecule has 1 unspecified atom stereocenters. The molecule has 0 aliphatic carbocycles. The third-order valence-electron chi connectivity index (χ3n) is 3.19. The van der Waals surface area contributed by atoms with E-state index in [2.05, 4.69) is 32.7 Å². The molecule has 0 saturated carbocycles. The normalized spacial score (nSPS) is 20.7. The summed E-state index contributed by atoms with van der Waals surface area (Å²) in [7, 11) is 2.16. The first-order valence-corrected chi connectivity index (χ1v) is 6.21. The zero-order valence-electron chi connectivity index (χ0n) is 10.7. The Hall–Kier alpha value is -1.60. The van der Waals surface area contributed by atoms with E-state index in [9.17, 15) is 0 Å². The number of aromatic nitrogens is 2. The Balaban J connectivity index is 1.91. The number of nitrogens with two attached hydrogens (primary N) is 2. The van der Waals surface area contributed by atoms with E-state index < -0.39 is 0 Å². The zero-order chi connectivity index (χ0) is 13.0. The molecule has 100 valence electrons. The molecule has 1 atom stereocenters. The first kappa shape index (κ1) is 12.8. The van der Waals surface area contributed by atoms with Crippen molar-refractivity contribution in [3.63, 3.8) is 0 Å². The van der Waals surface area contributed by atoms with Gasteiger partial charge in [0.05, 0.1) is 0 Å². The number of hydrazine groups is 1. The number of nitrogen functional groups attached to an aromatic ring is 2. The van der Waals surface area contributed by atoms with Gasteiger partial charge < -0.3 is 21.4 Å². The van der Waals surface area contributed by atoms with Crippen LogP contribution in [0, 0.1) is 5.92 Å². The van der Waals surface area contributed by atoms with Crippen molar-refractivity contribution in [3.05, 3.63) is 6.07 Å². The molecule has 0 aromatic carbocycles. The van der Waals surface area contributed by atoms with Gasteiger partial charge in [-0.2, -0.15) is 9.97 Å². The van der Waals surface area contributed by atoms with Crippen molar-refractivity contribution < 1.29 is 0 Å². The lowest BCUT2D eigenvalue weighted by Gasteiger charge is -2.29. The van der Waals surface area contributed by atoms with Crippen LogP contribution >= 0.6 is 0 Å². The molecule has 1 fully saturated rings. The number of piperidine rings is 1. The van der Waals surface area contributed by atoms with Crippen LogP contribution in [0.4, 0.5) is 17.6 Å². The highest BCUT2D eigenvalue weighted by Crippen LogP contribution is 2.17. The summed E-state index contributed by atoms with van der Waals surface area (Å²) in [6.07, 6.45) is 2.50. The molecule has 2 rings (SSSR count). The number of hydrogen-bond donors (Lipinski definition) is 4. The summed E-state index contributed by atoms with van der Waals surface area (Å²) in [5.41, 5.74) is 8.07. The van der Waals surface area contributed by atoms with Gasteiger partial charge in [-0.25, -0.2) is 5.84 Å². The second kappa shape index (κ2) is 5.83. The molecule has 0 spiro atoms. The van der Waals surface area contributed by atoms with Gasteiger partial charge in [0, 0.05) is 19.2 Å². The van der Waals surface area contributed by atoms with E-state index in [1.807, 2.05) is 0 Å². The zero-order valence-corrected chi connectivity index (χ0v) is 10.7. The highest BCUT2D eigenvalue weighted by Gasteiger charge is 2.16. The summed E-state index contributed by atoms with van der Waals surface area (Å²) in [4.78, 5) is 10.4. The van der Waals surface area contributed by atoms with Crippen LogP contribution in [0.3, 0.4) is 0 Å². The molecule has 1 aliphatic rings. The Kier molecular flexibility index (Phi) is 4.16. The van der Waals surface area contributed by atoms with Gasteiger partial charge in [-0.3, -0.25) is 0 Å². The monoisotopic (exact) mass is 251 g/mol. The first-order chi connectivity index (χ1) is 8.67. The Morgan fingerprint density at radius 2 is 2.22 bits per heavy atom. The van der Waals surface area contributed by atoms with Crippen molar-refractivity contribution >= 4 is 17.6 Å². The number of nitrogens with zero attached hydrogens (tertiary/aromatic N) is 3. The van der Waals surface area contributed by atoms with Crippen LogP contribution in [-0.4, -0.2) is 41.5 Å². The molecule has 1 saturated heterocycles. The summed E-state index contributed by atoms with van der Waals surface area (Å²) in [6.45, 7) is 3.21. The van der Waals surface area contributed by atoms with Gasteiger partial charge in [0.25, 0.3) is 0 Å². The quantitative estimate of drug-likeness (QED) is 0.444. The van der Waals surface area contributed by atoms with Crippen molar-refractivity contribution in [3.8, 4) is 0 Å². The van der Waals surface area contributed by atoms with Crippen molar-refractivity contribution in [2.75, 3.05) is 43.2 Å². The predicted octanol–water partition coefficient (Wildman–Crippen LogP) is 0.0981. The van der Waals surface area contributed by atoms with E-state index in [0.29, 0.717) is 17.6 Å². The topological polar surface area (TPSA) is 105 Å². The number of anilines is 3. The van der Waals surface area contributed by atoms with Gasteiger partial charge in [0.2, 0.25) is 5.95 Å². The van der Waals surface area contributed by atoms with Gasteiger partial charge in [-0.05, 0) is 32.4 Å². The lowest BCUT2D eigenvalue weighted by atomic mass is 9.98. The largest absolute Gasteiger partial charge is 0.370 e. The highest BCUT2D eigenvalue weighted by atomic mass is 15.3. The van der Waals surface area contributed by atoms with Crippen LogP contribution in [0.15, 0.2) is 6.07 Å². The Morgan fingerprint density at radius 3 is 2.94 bits per heavy atom. The number of likely N-dealkylation sites (tertiary alicyclic amines) is 1. The van der Waals surface area contributed by atoms with Crippen molar-refractivity contribution in [2.45, 2.75) is 12.8 Å². The summed E-state index contributed by atoms with van der Waals surface area (Å²) < 4.78 is 0. The smallest absolute Gasteiger partial charge is 0.223 e. The van der Waals surface area contributed by atoms with Gasteiger partial charge in [-0.1, -0.05) is 0 Å². The van der Waals surface area contributed by atoms with Crippen LogP contribution < -0.4 is 22.3 Å². The molecular weight excluding hydrogens is 230 g/mol. The molecule has 0 bridgehead atoms. The molecule has 1 aromatic rings. The Morgan fingerprint density at radius 1 is 1.44 bits per heavy atom. The Labute approximate surface area is 107 Å². The van der Waals surface area contributed by atoms with Crippen molar-refractivity contribution in [2.24, 2.45) is 11.8 Å². The molecule has 18 heavy (non-hydrogen) atoms. The minimum absolute atomic E-state index is 0.216. The van der Waals surface area contributed by atoms with E-state index >= 15 is 0 Å². The minimum Gasteiger partial charge on any atom is -0.370 e. The van der Waals surface area contributed by atoms with E-state index in [4.69, 9.17) is 11.6 Å². The molecule has 1 aliphatic heterocycles. The fourth-order valence-corrected chi connectivity index (χ4v) is 2.32. The van der Waals surface area contributed by atoms with Crippen molar-refractivity contribution in [1.29, 1.82) is 0 Å². The molecule has 7 heteroatoms. The van der Waals surface area contributed by atoms with Crippen LogP contribution in [0.1, 0.15) is 12.8 Å². The molecule has 1 aromatic heterocycles. The first-order valence-electron chi connectivity index (χ1n) is 6.21. The molecular formula is C11H21N7. The SMILES string of the molecule is CN1CCCC(CNc2cc(NN)nc(N)n2)C1. The maximum Gasteiger partial charge on any atom is 0.223 e. The van der Waals surface area contributed by atoms with Gasteiger partial charge >= 0.3 is 0 Å². The molecule has 0 radical (unpaired) electrons. The Bertz CT molecular complexity index is 395. The second-order valence-corrected chi connectivity index (χ2v) is 4.79. The van der Waals surface area contributed by atoms with Gasteiger partial charge in [0.15, 0.2) is 0 Å². The van der Waals surface area contributed by atoms with E-state index in [1.165, 1.54) is 19.4 Å². The average Bonchev–Trinajstić information content (AvgIpc) is 2.36. The fraction of sp³-hybridized carbons (Fsp3) is 0.636. The number of rotatable bonds is 4. The van der Waals surface area contributed by atoms with Crippen molar-refractivity contribution in [1.82, 2.24) is 14.9 Å². The van der Waals surface area contributed by atoms with Crippen LogP contribution in [0.2, 0.25) is 0 Å². The van der Waals surface area contributed by atoms with Gasteiger partial charge in [-0.15, -0.1) is 0 Å². The van der Waals surface area contributed by atoms with E-state index in [-0.39, 0.29) is 5.95 Å². The van der Waals surface area contributed by atoms with Gasteiger partial charge in [0.1, 0.15) is 11.6 Å². The minimum atomic E-state index is 0.216. The molecule has 7 nitrogen and oxygen atoms in total. The molecule has 0 amide bonds. The fourth-order valence-electron chi connectivity index (χ4n) is 2.32. The number of nitrogens with one attached hydrogen (secondary N) is 2. The van der Waals surface area contributed by atoms with Crippen LogP contribution in [0.5, 0.6) is 0 Å². The average molecular weight is 251 g/mol. The van der Waals surface area contributed by atoms with Crippen LogP contribution in [-0.2, 0) is 0 Å². The maximum absolute atomic E-state index is 5.60. The maximum atomic E-state index is 5.60. The van der Waals surface area contributed by atoms with Crippen LogP contribution in [0.25, 0.3) is 0 Å². The van der Waals surface area contributed by atoms with E-state index in [1.54, 1.807) is 6.07 Å². The lowest BCUT2D eigenvalue weighted by molar-refractivity contribution is 0.217. The molecule has 2 heterocycles. The third-order valence-corrected chi connectivity index (χ3v) is 3.19. The lowest BCUT2D eigenvalue weighted by Crippen LogP contribution is -2.35. The summed E-state index contributed by atoms with van der Waals surface area (Å²) in [5, 5.41) is 3.30. The standard InChI is InChI=1S/C11H21N7/c1-18-4-2-3-8(7-18)6-14-9-5-10(17-13)16-11(12)15-9/h5,8H,2-4,6-7,13H2,1H3,(H4,12,14,15,16,17). The summed E-state index contributed by atoms with van der Waals surface area (Å²) >= 11 is 0. The van der Waals surface area contributed by atoms with E-state index in [0.717, 1.165) is 13.1 Å².